The molecule has 0 radical (unpaired) electrons. The second-order valence-corrected chi connectivity index (χ2v) is 10.5. The van der Waals surface area contributed by atoms with Gasteiger partial charge in [0, 0.05) is 6.42 Å². The van der Waals surface area contributed by atoms with Crippen molar-refractivity contribution >= 4 is 14.1 Å². The first kappa shape index (κ1) is 15.5. The van der Waals surface area contributed by atoms with E-state index in [9.17, 15) is 4.79 Å². The van der Waals surface area contributed by atoms with E-state index in [1.807, 2.05) is 31.2 Å². The van der Waals surface area contributed by atoms with E-state index in [0.29, 0.717) is 12.0 Å². The molecule has 0 unspecified atom stereocenters. The lowest BCUT2D eigenvalue weighted by Crippen LogP contribution is -2.30. The first-order chi connectivity index (χ1) is 9.90. The van der Waals surface area contributed by atoms with Crippen molar-refractivity contribution < 1.29 is 9.22 Å². The van der Waals surface area contributed by atoms with Crippen LogP contribution in [-0.4, -0.2) is 14.1 Å². The fourth-order valence-electron chi connectivity index (χ4n) is 1.98. The van der Waals surface area contributed by atoms with Crippen LogP contribution in [0, 0.1) is 0 Å². The van der Waals surface area contributed by atoms with E-state index in [4.69, 9.17) is 4.43 Å². The zero-order valence-corrected chi connectivity index (χ0v) is 14.1. The minimum absolute atomic E-state index is 0.142. The summed E-state index contributed by atoms with van der Waals surface area (Å²) in [5.41, 5.74) is 3.56. The highest BCUT2D eigenvalue weighted by molar-refractivity contribution is 6.70. The zero-order valence-electron chi connectivity index (χ0n) is 13.1. The third-order valence-corrected chi connectivity index (χ3v) is 3.87. The van der Waals surface area contributed by atoms with Crippen LogP contribution in [0.15, 0.2) is 48.5 Å². The van der Waals surface area contributed by atoms with Crippen LogP contribution in [0.2, 0.25) is 19.6 Å². The fraction of sp³-hybridized carbons (Fsp3) is 0.278. The van der Waals surface area contributed by atoms with Gasteiger partial charge in [0.25, 0.3) is 0 Å². The van der Waals surface area contributed by atoms with Crippen molar-refractivity contribution in [3.8, 4) is 16.9 Å². The molecule has 2 aliphatic rings. The summed E-state index contributed by atoms with van der Waals surface area (Å²) in [4.78, 5) is 11.7. The van der Waals surface area contributed by atoms with Gasteiger partial charge < -0.3 is 4.43 Å². The molecule has 2 nitrogen and oxygen atoms in total. The Morgan fingerprint density at radius 3 is 2.05 bits per heavy atom. The van der Waals surface area contributed by atoms with Gasteiger partial charge in [-0.05, 0) is 49.0 Å². The van der Waals surface area contributed by atoms with E-state index in [0.717, 1.165) is 5.75 Å². The molecule has 0 saturated carbocycles. The third kappa shape index (κ3) is 4.57. The number of Topliss-reactive ketones (excluding diaryl/α,β-unsaturated/α-hetero) is 1. The summed E-state index contributed by atoms with van der Waals surface area (Å²) in [5.74, 6) is 0.882. The van der Waals surface area contributed by atoms with Crippen molar-refractivity contribution in [3.05, 3.63) is 54.1 Å². The molecule has 0 N–H and O–H groups in total. The normalized spacial score (nSPS) is 11.2. The Bertz CT molecular complexity index is 624. The van der Waals surface area contributed by atoms with Crippen LogP contribution >= 0.6 is 0 Å². The largest absolute Gasteiger partial charge is 0.544 e. The Kier molecular flexibility index (Phi) is 4.63. The molecule has 1 aromatic rings. The second kappa shape index (κ2) is 6.27. The van der Waals surface area contributed by atoms with Gasteiger partial charge in [0.1, 0.15) is 5.75 Å². The molecule has 0 saturated heterocycles. The van der Waals surface area contributed by atoms with E-state index in [-0.39, 0.29) is 5.78 Å². The molecular weight excluding hydrogens is 276 g/mol. The molecule has 0 amide bonds. The number of carbonyl (C=O) groups is 1. The Labute approximate surface area is 127 Å². The van der Waals surface area contributed by atoms with Crippen LogP contribution in [0.3, 0.4) is 0 Å². The van der Waals surface area contributed by atoms with Crippen molar-refractivity contribution in [2.45, 2.75) is 33.0 Å². The lowest BCUT2D eigenvalue weighted by Gasteiger charge is -2.21. The van der Waals surface area contributed by atoms with Gasteiger partial charge in [-0.1, -0.05) is 37.3 Å². The smallest absolute Gasteiger partial charge is 0.242 e. The summed E-state index contributed by atoms with van der Waals surface area (Å²) in [6.07, 6.45) is 0.520. The standard InChI is InChI=1S/C12H18O2Si.C6H4/c1-5-11(13)10-8-6-7-9-12(10)14-15(2,3)4;1-2-5-4-6(5)3-1/h6-9H,5H2,1-4H3;1-4H. The van der Waals surface area contributed by atoms with Crippen LogP contribution in [-0.2, 0) is 0 Å². The number of rotatable bonds is 4. The van der Waals surface area contributed by atoms with Gasteiger partial charge >= 0.3 is 0 Å². The van der Waals surface area contributed by atoms with Crippen molar-refractivity contribution in [3.63, 3.8) is 0 Å². The zero-order chi connectivity index (χ0) is 15.5. The molecule has 21 heavy (non-hydrogen) atoms. The maximum Gasteiger partial charge on any atom is 0.242 e. The third-order valence-electron chi connectivity index (χ3n) is 3.04. The van der Waals surface area contributed by atoms with Gasteiger partial charge in [-0.15, -0.1) is 0 Å². The van der Waals surface area contributed by atoms with E-state index >= 15 is 0 Å². The van der Waals surface area contributed by atoms with Crippen molar-refractivity contribution in [2.24, 2.45) is 0 Å². The summed E-state index contributed by atoms with van der Waals surface area (Å²) in [5, 5.41) is 0. The van der Waals surface area contributed by atoms with Gasteiger partial charge in [-0.2, -0.15) is 0 Å². The molecular formula is C18H22O2Si. The van der Waals surface area contributed by atoms with E-state index in [1.165, 1.54) is 11.1 Å². The second-order valence-electron chi connectivity index (χ2n) is 6.07. The quantitative estimate of drug-likeness (QED) is 0.491. The summed E-state index contributed by atoms with van der Waals surface area (Å²) in [7, 11) is -1.64. The van der Waals surface area contributed by atoms with Crippen LogP contribution < -0.4 is 4.43 Å². The summed E-state index contributed by atoms with van der Waals surface area (Å²) >= 11 is 0. The molecule has 0 aliphatic heterocycles. The Balaban J connectivity index is 0.000000218. The molecule has 1 aromatic carbocycles. The maximum absolute atomic E-state index is 11.7. The Morgan fingerprint density at radius 2 is 1.62 bits per heavy atom. The number of ketones is 1. The van der Waals surface area contributed by atoms with Crippen LogP contribution in [0.4, 0.5) is 0 Å². The minimum Gasteiger partial charge on any atom is -0.544 e. The van der Waals surface area contributed by atoms with Gasteiger partial charge in [0.05, 0.1) is 5.56 Å². The number of hydrogen-bond acceptors (Lipinski definition) is 2. The molecule has 3 heteroatoms. The monoisotopic (exact) mass is 298 g/mol. The highest BCUT2D eigenvalue weighted by Gasteiger charge is 2.19. The fourth-order valence-corrected chi connectivity index (χ4v) is 2.82. The molecule has 0 spiro atoms. The predicted molar refractivity (Wildman–Crippen MR) is 90.5 cm³/mol. The van der Waals surface area contributed by atoms with Crippen LogP contribution in [0.25, 0.3) is 11.1 Å². The van der Waals surface area contributed by atoms with Crippen molar-refractivity contribution in [2.75, 3.05) is 0 Å². The number of fused-ring (bicyclic) bond motifs is 1. The average Bonchev–Trinajstić information content (AvgIpc) is 3.04. The SMILES string of the molecule is CCC(=O)c1ccccc1O[Si](C)(C)C.c1cc2cc-2c1. The molecule has 2 aliphatic carbocycles. The van der Waals surface area contributed by atoms with Gasteiger partial charge in [0.15, 0.2) is 5.78 Å². The molecule has 0 heterocycles. The summed E-state index contributed by atoms with van der Waals surface area (Å²) < 4.78 is 5.87. The van der Waals surface area contributed by atoms with Gasteiger partial charge in [-0.25, -0.2) is 0 Å². The lowest BCUT2D eigenvalue weighted by molar-refractivity contribution is 0.0986. The summed E-state index contributed by atoms with van der Waals surface area (Å²) in [6, 6.07) is 16.0. The highest BCUT2D eigenvalue weighted by Crippen LogP contribution is 2.32. The molecule has 110 valence electrons. The molecule has 0 aromatic heterocycles. The average molecular weight is 298 g/mol. The van der Waals surface area contributed by atoms with E-state index in [1.54, 1.807) is 0 Å². The maximum atomic E-state index is 11.7. The number of hydrogen-bond donors (Lipinski definition) is 0. The first-order valence-corrected chi connectivity index (χ1v) is 10.7. The number of carbonyl (C=O) groups excluding carboxylic acids is 1. The predicted octanol–water partition coefficient (Wildman–Crippen LogP) is 5.16. The van der Waals surface area contributed by atoms with E-state index < -0.39 is 8.32 Å². The molecule has 0 atom stereocenters. The number of para-hydroxylation sites is 1. The first-order valence-electron chi connectivity index (χ1n) is 7.32. The van der Waals surface area contributed by atoms with Gasteiger partial charge in [-0.3, -0.25) is 4.79 Å². The molecule has 0 bridgehead atoms. The van der Waals surface area contributed by atoms with Gasteiger partial charge in [0.2, 0.25) is 8.32 Å². The van der Waals surface area contributed by atoms with Crippen LogP contribution in [0.1, 0.15) is 23.7 Å². The van der Waals surface area contributed by atoms with E-state index in [2.05, 4.69) is 43.9 Å². The lowest BCUT2D eigenvalue weighted by atomic mass is 10.1. The molecule has 3 rings (SSSR count). The minimum atomic E-state index is -1.64. The molecule has 0 fully saturated rings. The Hall–Kier alpha value is -1.87. The topological polar surface area (TPSA) is 26.3 Å². The Morgan fingerprint density at radius 1 is 1.00 bits per heavy atom. The number of benzene rings is 2. The van der Waals surface area contributed by atoms with Crippen molar-refractivity contribution in [1.29, 1.82) is 0 Å². The van der Waals surface area contributed by atoms with Crippen molar-refractivity contribution in [1.82, 2.24) is 0 Å². The van der Waals surface area contributed by atoms with Crippen LogP contribution in [0.5, 0.6) is 5.75 Å². The summed E-state index contributed by atoms with van der Waals surface area (Å²) in [6.45, 7) is 8.20. The highest BCUT2D eigenvalue weighted by atomic mass is 28.4.